The molecule has 1 atom stereocenters. The molecule has 1 fully saturated rings. The van der Waals surface area contributed by atoms with Gasteiger partial charge >= 0.3 is 0 Å². The number of nitrogens with zero attached hydrogens (tertiary/aromatic N) is 1. The SMILES string of the molecule is CCNC(=O)C1COCCN1Cc1cccc(C(N)=S)c1. The first kappa shape index (κ1) is 15.9. The van der Waals surface area contributed by atoms with Crippen LogP contribution in [0.4, 0.5) is 0 Å². The van der Waals surface area contributed by atoms with Gasteiger partial charge in [-0.15, -0.1) is 0 Å². The second-order valence-corrected chi connectivity index (χ2v) is 5.46. The summed E-state index contributed by atoms with van der Waals surface area (Å²) in [6.45, 7) is 5.03. The van der Waals surface area contributed by atoms with E-state index >= 15 is 0 Å². The number of ether oxygens (including phenoxy) is 1. The van der Waals surface area contributed by atoms with Crippen LogP contribution in [0.3, 0.4) is 0 Å². The number of hydrogen-bond donors (Lipinski definition) is 2. The molecular weight excluding hydrogens is 286 g/mol. The molecule has 1 amide bonds. The Morgan fingerprint density at radius 1 is 1.57 bits per heavy atom. The Bertz CT molecular complexity index is 521. The van der Waals surface area contributed by atoms with Crippen LogP contribution in [0.5, 0.6) is 0 Å². The van der Waals surface area contributed by atoms with Crippen molar-refractivity contribution >= 4 is 23.1 Å². The molecule has 0 radical (unpaired) electrons. The lowest BCUT2D eigenvalue weighted by molar-refractivity contribution is -0.132. The maximum absolute atomic E-state index is 12.1. The molecule has 0 saturated carbocycles. The zero-order chi connectivity index (χ0) is 15.2. The highest BCUT2D eigenvalue weighted by Gasteiger charge is 2.28. The van der Waals surface area contributed by atoms with E-state index in [1.807, 2.05) is 31.2 Å². The minimum absolute atomic E-state index is 0.0164. The summed E-state index contributed by atoms with van der Waals surface area (Å²) in [5.41, 5.74) is 7.61. The van der Waals surface area contributed by atoms with Crippen LogP contribution in [0, 0.1) is 0 Å². The van der Waals surface area contributed by atoms with Crippen molar-refractivity contribution in [2.75, 3.05) is 26.3 Å². The molecule has 1 heterocycles. The van der Waals surface area contributed by atoms with Crippen molar-refractivity contribution in [3.63, 3.8) is 0 Å². The van der Waals surface area contributed by atoms with E-state index in [9.17, 15) is 4.79 Å². The standard InChI is InChI=1S/C15H21N3O2S/c1-2-17-15(19)13-10-20-7-6-18(13)9-11-4-3-5-12(8-11)14(16)21/h3-5,8,13H,2,6-7,9-10H2,1H3,(H2,16,21)(H,17,19). The summed E-state index contributed by atoms with van der Waals surface area (Å²) < 4.78 is 5.44. The molecule has 1 aliphatic rings. The van der Waals surface area contributed by atoms with Gasteiger partial charge in [0.1, 0.15) is 11.0 Å². The van der Waals surface area contributed by atoms with Crippen LogP contribution in [0.15, 0.2) is 24.3 Å². The molecule has 0 bridgehead atoms. The molecule has 0 aromatic heterocycles. The number of thiocarbonyl (C=S) groups is 1. The van der Waals surface area contributed by atoms with Crippen molar-refractivity contribution in [3.05, 3.63) is 35.4 Å². The summed E-state index contributed by atoms with van der Waals surface area (Å²) in [7, 11) is 0. The van der Waals surface area contributed by atoms with E-state index in [2.05, 4.69) is 10.2 Å². The van der Waals surface area contributed by atoms with E-state index < -0.39 is 0 Å². The fourth-order valence-electron chi connectivity index (χ4n) is 2.42. The van der Waals surface area contributed by atoms with E-state index in [0.717, 1.165) is 17.7 Å². The number of carbonyl (C=O) groups is 1. The Balaban J connectivity index is 2.10. The predicted octanol–water partition coefficient (Wildman–Crippen LogP) is 0.658. The number of nitrogens with two attached hydrogens (primary N) is 1. The van der Waals surface area contributed by atoms with Crippen molar-refractivity contribution in [1.29, 1.82) is 0 Å². The molecule has 6 heteroatoms. The Morgan fingerprint density at radius 2 is 2.38 bits per heavy atom. The van der Waals surface area contributed by atoms with Gasteiger partial charge in [-0.25, -0.2) is 0 Å². The fraction of sp³-hybridized carbons (Fsp3) is 0.467. The van der Waals surface area contributed by atoms with E-state index in [4.69, 9.17) is 22.7 Å². The van der Waals surface area contributed by atoms with Crippen molar-refractivity contribution < 1.29 is 9.53 Å². The second kappa shape index (κ2) is 7.49. The average Bonchev–Trinajstić information content (AvgIpc) is 2.48. The molecule has 0 aliphatic carbocycles. The summed E-state index contributed by atoms with van der Waals surface area (Å²) in [6, 6.07) is 7.59. The van der Waals surface area contributed by atoms with Gasteiger partial charge in [0.15, 0.2) is 0 Å². The Hall–Kier alpha value is -1.50. The van der Waals surface area contributed by atoms with Gasteiger partial charge in [0.05, 0.1) is 13.2 Å². The molecule has 0 spiro atoms. The van der Waals surface area contributed by atoms with Crippen LogP contribution in [-0.4, -0.2) is 48.1 Å². The van der Waals surface area contributed by atoms with Crippen molar-refractivity contribution in [3.8, 4) is 0 Å². The van der Waals surface area contributed by atoms with Crippen molar-refractivity contribution in [2.24, 2.45) is 5.73 Å². The van der Waals surface area contributed by atoms with Gasteiger partial charge in [0, 0.05) is 25.2 Å². The predicted molar refractivity (Wildman–Crippen MR) is 86.0 cm³/mol. The molecule has 21 heavy (non-hydrogen) atoms. The zero-order valence-corrected chi connectivity index (χ0v) is 13.0. The van der Waals surface area contributed by atoms with Gasteiger partial charge in [-0.2, -0.15) is 0 Å². The first-order valence-electron chi connectivity index (χ1n) is 7.10. The molecule has 1 unspecified atom stereocenters. The molecule has 1 aromatic rings. The van der Waals surface area contributed by atoms with Crippen LogP contribution in [0.25, 0.3) is 0 Å². The number of morpholine rings is 1. The van der Waals surface area contributed by atoms with E-state index in [1.54, 1.807) is 0 Å². The molecule has 1 saturated heterocycles. The summed E-state index contributed by atoms with van der Waals surface area (Å²) in [6.07, 6.45) is 0. The van der Waals surface area contributed by atoms with Crippen LogP contribution in [-0.2, 0) is 16.1 Å². The normalized spacial score (nSPS) is 19.2. The van der Waals surface area contributed by atoms with E-state index in [-0.39, 0.29) is 11.9 Å². The minimum atomic E-state index is -0.243. The van der Waals surface area contributed by atoms with Gasteiger partial charge in [-0.1, -0.05) is 30.4 Å². The van der Waals surface area contributed by atoms with E-state index in [0.29, 0.717) is 31.3 Å². The molecule has 114 valence electrons. The molecule has 3 N–H and O–H groups in total. The Kier molecular flexibility index (Phi) is 5.67. The number of nitrogens with one attached hydrogen (secondary N) is 1. The zero-order valence-electron chi connectivity index (χ0n) is 12.2. The second-order valence-electron chi connectivity index (χ2n) is 5.02. The van der Waals surface area contributed by atoms with Crippen molar-refractivity contribution in [1.82, 2.24) is 10.2 Å². The third-order valence-corrected chi connectivity index (χ3v) is 3.73. The summed E-state index contributed by atoms with van der Waals surface area (Å²) in [5, 5.41) is 2.86. The molecule has 2 rings (SSSR count). The number of rotatable bonds is 5. The lowest BCUT2D eigenvalue weighted by Crippen LogP contribution is -2.53. The smallest absolute Gasteiger partial charge is 0.239 e. The van der Waals surface area contributed by atoms with Crippen molar-refractivity contribution in [2.45, 2.75) is 19.5 Å². The summed E-state index contributed by atoms with van der Waals surface area (Å²) >= 11 is 5.01. The topological polar surface area (TPSA) is 67.6 Å². The first-order valence-corrected chi connectivity index (χ1v) is 7.51. The van der Waals surface area contributed by atoms with Gasteiger partial charge in [-0.05, 0) is 18.6 Å². The maximum atomic E-state index is 12.1. The van der Waals surface area contributed by atoms with Crippen LogP contribution in [0.1, 0.15) is 18.1 Å². The highest BCUT2D eigenvalue weighted by Crippen LogP contribution is 2.14. The summed E-state index contributed by atoms with van der Waals surface area (Å²) in [4.78, 5) is 14.6. The lowest BCUT2D eigenvalue weighted by Gasteiger charge is -2.34. The first-order chi connectivity index (χ1) is 10.1. The monoisotopic (exact) mass is 307 g/mol. The third-order valence-electron chi connectivity index (χ3n) is 3.49. The molecule has 1 aromatic carbocycles. The molecular formula is C15H21N3O2S. The van der Waals surface area contributed by atoms with Crippen LogP contribution < -0.4 is 11.1 Å². The van der Waals surface area contributed by atoms with Crippen LogP contribution >= 0.6 is 12.2 Å². The van der Waals surface area contributed by atoms with Crippen LogP contribution in [0.2, 0.25) is 0 Å². The maximum Gasteiger partial charge on any atom is 0.239 e. The third kappa shape index (κ3) is 4.23. The number of amides is 1. The Labute approximate surface area is 130 Å². The fourth-order valence-corrected chi connectivity index (χ4v) is 2.55. The number of benzene rings is 1. The number of carbonyl (C=O) groups excluding carboxylic acids is 1. The minimum Gasteiger partial charge on any atom is -0.389 e. The average molecular weight is 307 g/mol. The molecule has 1 aliphatic heterocycles. The van der Waals surface area contributed by atoms with E-state index in [1.165, 1.54) is 0 Å². The summed E-state index contributed by atoms with van der Waals surface area (Å²) in [5.74, 6) is 0.0164. The lowest BCUT2D eigenvalue weighted by atomic mass is 10.1. The Morgan fingerprint density at radius 3 is 3.10 bits per heavy atom. The van der Waals surface area contributed by atoms with Gasteiger partial charge in [0.25, 0.3) is 0 Å². The highest BCUT2D eigenvalue weighted by molar-refractivity contribution is 7.80. The highest BCUT2D eigenvalue weighted by atomic mass is 32.1. The number of hydrogen-bond acceptors (Lipinski definition) is 4. The van der Waals surface area contributed by atoms with Gasteiger partial charge in [-0.3, -0.25) is 9.69 Å². The largest absolute Gasteiger partial charge is 0.389 e. The van der Waals surface area contributed by atoms with Gasteiger partial charge in [0.2, 0.25) is 5.91 Å². The quantitative estimate of drug-likeness (QED) is 0.782. The molecule has 5 nitrogen and oxygen atoms in total. The number of likely N-dealkylation sites (N-methyl/N-ethyl adjacent to an activating group) is 1. The van der Waals surface area contributed by atoms with Gasteiger partial charge < -0.3 is 15.8 Å².